The molecule has 0 unspecified atom stereocenters. The second kappa shape index (κ2) is 6.80. The summed E-state index contributed by atoms with van der Waals surface area (Å²) >= 11 is 6.00. The molecule has 0 bridgehead atoms. The minimum absolute atomic E-state index is 0.399. The molecule has 0 spiro atoms. The summed E-state index contributed by atoms with van der Waals surface area (Å²) in [4.78, 5) is 23.9. The first-order valence-electron chi connectivity index (χ1n) is 7.54. The average Bonchev–Trinajstić information content (AvgIpc) is 2.85. The number of oxazole rings is 1. The van der Waals surface area contributed by atoms with Gasteiger partial charge < -0.3 is 15.1 Å². The Morgan fingerprint density at radius 1 is 1.21 bits per heavy atom. The van der Waals surface area contributed by atoms with Gasteiger partial charge in [0, 0.05) is 18.3 Å². The van der Waals surface area contributed by atoms with Crippen molar-refractivity contribution in [3.05, 3.63) is 58.0 Å². The minimum Gasteiger partial charge on any atom is -0.408 e. The van der Waals surface area contributed by atoms with E-state index in [1.54, 1.807) is 47.0 Å². The third-order valence-corrected chi connectivity index (χ3v) is 3.82. The zero-order chi connectivity index (χ0) is 17.1. The Balaban J connectivity index is 1.79. The van der Waals surface area contributed by atoms with Crippen molar-refractivity contribution in [2.75, 3.05) is 10.6 Å². The Bertz CT molecular complexity index is 946. The van der Waals surface area contributed by atoms with Gasteiger partial charge in [-0.1, -0.05) is 30.7 Å². The third-order valence-electron chi connectivity index (χ3n) is 3.50. The Morgan fingerprint density at radius 2 is 2.00 bits per heavy atom. The van der Waals surface area contributed by atoms with Gasteiger partial charge in [0.15, 0.2) is 5.58 Å². The number of halogens is 1. The van der Waals surface area contributed by atoms with E-state index in [4.69, 9.17) is 16.0 Å². The van der Waals surface area contributed by atoms with Crippen LogP contribution in [-0.4, -0.2) is 10.6 Å². The molecule has 0 atom stereocenters. The number of fused-ring (bicyclic) bond motifs is 1. The fourth-order valence-corrected chi connectivity index (χ4v) is 2.61. The molecule has 3 rings (SSSR count). The number of nitrogens with one attached hydrogen (secondary N) is 2. The molecule has 2 amide bonds. The van der Waals surface area contributed by atoms with Gasteiger partial charge in [0.1, 0.15) is 0 Å². The van der Waals surface area contributed by atoms with E-state index in [2.05, 4.69) is 10.6 Å². The number of carbonyl (C=O) groups is 1. The van der Waals surface area contributed by atoms with Crippen molar-refractivity contribution in [2.24, 2.45) is 0 Å². The van der Waals surface area contributed by atoms with Crippen LogP contribution >= 0.6 is 11.6 Å². The van der Waals surface area contributed by atoms with E-state index in [1.165, 1.54) is 0 Å². The van der Waals surface area contributed by atoms with Gasteiger partial charge in [-0.2, -0.15) is 0 Å². The van der Waals surface area contributed by atoms with Crippen molar-refractivity contribution in [2.45, 2.75) is 19.9 Å². The second-order valence-corrected chi connectivity index (χ2v) is 5.67. The van der Waals surface area contributed by atoms with E-state index in [-0.39, 0.29) is 0 Å². The number of anilines is 2. The molecule has 24 heavy (non-hydrogen) atoms. The Morgan fingerprint density at radius 3 is 2.75 bits per heavy atom. The third kappa shape index (κ3) is 3.28. The Labute approximate surface area is 143 Å². The lowest BCUT2D eigenvalue weighted by Crippen LogP contribution is -2.19. The van der Waals surface area contributed by atoms with E-state index in [0.29, 0.717) is 34.0 Å². The smallest absolute Gasteiger partial charge is 0.408 e. The zero-order valence-corrected chi connectivity index (χ0v) is 13.8. The highest BCUT2D eigenvalue weighted by Gasteiger charge is 2.11. The topological polar surface area (TPSA) is 76.3 Å². The summed E-state index contributed by atoms with van der Waals surface area (Å²) in [6, 6.07) is 11.6. The van der Waals surface area contributed by atoms with Crippen LogP contribution in [-0.2, 0) is 6.54 Å². The molecule has 3 aromatic rings. The summed E-state index contributed by atoms with van der Waals surface area (Å²) in [6.07, 6.45) is 0.828. The van der Waals surface area contributed by atoms with Crippen molar-refractivity contribution in [3.63, 3.8) is 0 Å². The highest BCUT2D eigenvalue weighted by molar-refractivity contribution is 6.33. The summed E-state index contributed by atoms with van der Waals surface area (Å²) in [5, 5.41) is 5.80. The highest BCUT2D eigenvalue weighted by Crippen LogP contribution is 2.22. The summed E-state index contributed by atoms with van der Waals surface area (Å²) in [7, 11) is 0. The molecule has 0 saturated carbocycles. The molecule has 0 aliphatic heterocycles. The van der Waals surface area contributed by atoms with Crippen LogP contribution in [0, 0.1) is 0 Å². The van der Waals surface area contributed by atoms with Gasteiger partial charge in [-0.15, -0.1) is 0 Å². The molecule has 0 aliphatic carbocycles. The van der Waals surface area contributed by atoms with E-state index in [9.17, 15) is 9.59 Å². The fourth-order valence-electron chi connectivity index (χ4n) is 2.43. The SMILES string of the molecule is CCCn1c(=O)oc2cc(NC(=O)Nc3ccccc3Cl)ccc21. The highest BCUT2D eigenvalue weighted by atomic mass is 35.5. The maximum atomic E-state index is 12.1. The number of hydrogen-bond donors (Lipinski definition) is 2. The van der Waals surface area contributed by atoms with Gasteiger partial charge >= 0.3 is 11.8 Å². The summed E-state index contributed by atoms with van der Waals surface area (Å²) in [5.41, 5.74) is 2.17. The van der Waals surface area contributed by atoms with Crippen LogP contribution in [0.15, 0.2) is 51.7 Å². The largest absolute Gasteiger partial charge is 0.419 e. The normalized spacial score (nSPS) is 10.8. The molecule has 0 fully saturated rings. The van der Waals surface area contributed by atoms with Gasteiger partial charge in [-0.3, -0.25) is 4.57 Å². The quantitative estimate of drug-likeness (QED) is 0.740. The zero-order valence-electron chi connectivity index (χ0n) is 13.0. The van der Waals surface area contributed by atoms with E-state index >= 15 is 0 Å². The van der Waals surface area contributed by atoms with E-state index < -0.39 is 11.8 Å². The lowest BCUT2D eigenvalue weighted by Gasteiger charge is -2.09. The Kier molecular flexibility index (Phi) is 4.57. The molecule has 7 heteroatoms. The van der Waals surface area contributed by atoms with Gasteiger partial charge in [-0.25, -0.2) is 9.59 Å². The second-order valence-electron chi connectivity index (χ2n) is 5.26. The monoisotopic (exact) mass is 345 g/mol. The van der Waals surface area contributed by atoms with Crippen molar-refractivity contribution in [1.29, 1.82) is 0 Å². The van der Waals surface area contributed by atoms with Crippen LogP contribution in [0.5, 0.6) is 0 Å². The number of aromatic nitrogens is 1. The van der Waals surface area contributed by atoms with Gasteiger partial charge in [0.2, 0.25) is 0 Å². The van der Waals surface area contributed by atoms with Crippen LogP contribution in [0.2, 0.25) is 5.02 Å². The lowest BCUT2D eigenvalue weighted by atomic mass is 10.2. The Hall–Kier alpha value is -2.73. The molecule has 1 aromatic heterocycles. The number of urea groups is 1. The molecule has 0 aliphatic rings. The molecule has 2 aromatic carbocycles. The molecule has 0 saturated heterocycles. The predicted molar refractivity (Wildman–Crippen MR) is 94.9 cm³/mol. The fraction of sp³-hybridized carbons (Fsp3) is 0.176. The van der Waals surface area contributed by atoms with Crippen molar-refractivity contribution in [1.82, 2.24) is 4.57 Å². The number of amides is 2. The van der Waals surface area contributed by atoms with Crippen molar-refractivity contribution < 1.29 is 9.21 Å². The number of hydrogen-bond acceptors (Lipinski definition) is 3. The number of benzene rings is 2. The number of aryl methyl sites for hydroxylation is 1. The molecule has 2 N–H and O–H groups in total. The maximum absolute atomic E-state index is 12.1. The van der Waals surface area contributed by atoms with Gasteiger partial charge in [0.05, 0.1) is 16.2 Å². The minimum atomic E-state index is -0.433. The first kappa shape index (κ1) is 16.1. The summed E-state index contributed by atoms with van der Waals surface area (Å²) < 4.78 is 6.80. The number of nitrogens with zero attached hydrogens (tertiary/aromatic N) is 1. The predicted octanol–water partition coefficient (Wildman–Crippen LogP) is 4.30. The first-order chi connectivity index (χ1) is 11.6. The molecular formula is C17H16ClN3O3. The first-order valence-corrected chi connectivity index (χ1v) is 7.92. The molecule has 6 nitrogen and oxygen atoms in total. The molecular weight excluding hydrogens is 330 g/mol. The molecule has 124 valence electrons. The standard InChI is InChI=1S/C17H16ClN3O3/c1-2-9-21-14-8-7-11(10-15(14)24-17(21)23)19-16(22)20-13-6-4-3-5-12(13)18/h3-8,10H,2,9H2,1H3,(H2,19,20,22). The molecule has 0 radical (unpaired) electrons. The number of para-hydroxylation sites is 1. The summed E-state index contributed by atoms with van der Waals surface area (Å²) in [5.74, 6) is -0.399. The lowest BCUT2D eigenvalue weighted by molar-refractivity contribution is 0.262. The van der Waals surface area contributed by atoms with Crippen LogP contribution in [0.25, 0.3) is 11.1 Å². The van der Waals surface area contributed by atoms with Crippen LogP contribution < -0.4 is 16.4 Å². The average molecular weight is 346 g/mol. The molecule has 1 heterocycles. The van der Waals surface area contributed by atoms with Gasteiger partial charge in [-0.05, 0) is 30.7 Å². The summed E-state index contributed by atoms with van der Waals surface area (Å²) in [6.45, 7) is 2.58. The van der Waals surface area contributed by atoms with Crippen molar-refractivity contribution >= 4 is 40.1 Å². The van der Waals surface area contributed by atoms with Crippen LogP contribution in [0.1, 0.15) is 13.3 Å². The van der Waals surface area contributed by atoms with Crippen LogP contribution in [0.4, 0.5) is 16.2 Å². The van der Waals surface area contributed by atoms with E-state index in [0.717, 1.165) is 6.42 Å². The van der Waals surface area contributed by atoms with Crippen LogP contribution in [0.3, 0.4) is 0 Å². The van der Waals surface area contributed by atoms with E-state index in [1.807, 2.05) is 6.92 Å². The maximum Gasteiger partial charge on any atom is 0.419 e. The van der Waals surface area contributed by atoms with Crippen molar-refractivity contribution in [3.8, 4) is 0 Å². The number of carbonyl (C=O) groups excluding carboxylic acids is 1. The number of rotatable bonds is 4. The van der Waals surface area contributed by atoms with Gasteiger partial charge in [0.25, 0.3) is 0 Å².